The summed E-state index contributed by atoms with van der Waals surface area (Å²) in [4.78, 5) is 32.0. The van der Waals surface area contributed by atoms with Gasteiger partial charge in [0.05, 0.1) is 19.8 Å². The number of hydrogen-bond donors (Lipinski definition) is 0. The Hall–Kier alpha value is -2.94. The highest BCUT2D eigenvalue weighted by Crippen LogP contribution is 2.20. The van der Waals surface area contributed by atoms with Gasteiger partial charge >= 0.3 is 5.69 Å². The van der Waals surface area contributed by atoms with Crippen molar-refractivity contribution in [2.24, 2.45) is 14.1 Å². The van der Waals surface area contributed by atoms with Gasteiger partial charge in [-0.1, -0.05) is 18.2 Å². The zero-order chi connectivity index (χ0) is 19.1. The average molecular weight is 373 g/mol. The van der Waals surface area contributed by atoms with Crippen LogP contribution in [0.2, 0.25) is 0 Å². The van der Waals surface area contributed by atoms with Gasteiger partial charge in [0.1, 0.15) is 5.82 Å². The van der Waals surface area contributed by atoms with Crippen LogP contribution in [0.3, 0.4) is 0 Å². The molecule has 0 amide bonds. The number of rotatable bonds is 3. The number of benzene rings is 1. The van der Waals surface area contributed by atoms with Crippen LogP contribution < -0.4 is 16.1 Å². The van der Waals surface area contributed by atoms with Gasteiger partial charge in [0.25, 0.3) is 5.56 Å². The van der Waals surface area contributed by atoms with Gasteiger partial charge in [-0.3, -0.25) is 13.9 Å². The highest BCUT2D eigenvalue weighted by molar-refractivity contribution is 5.74. The summed E-state index contributed by atoms with van der Waals surface area (Å²) >= 11 is 0. The van der Waals surface area contributed by atoms with E-state index in [-0.39, 0.29) is 12.2 Å². The number of imidazole rings is 1. The van der Waals surface area contributed by atoms with Gasteiger partial charge in [0, 0.05) is 32.7 Å². The summed E-state index contributed by atoms with van der Waals surface area (Å²) in [5.41, 5.74) is -0.0138. The molecule has 4 rings (SSSR count). The number of fused-ring (bicyclic) bond motifs is 1. The monoisotopic (exact) mass is 373 g/mol. The van der Waals surface area contributed by atoms with Crippen LogP contribution in [-0.4, -0.2) is 45.0 Å². The van der Waals surface area contributed by atoms with Gasteiger partial charge in [-0.25, -0.2) is 9.18 Å². The predicted molar refractivity (Wildman–Crippen MR) is 98.7 cm³/mol. The maximum Gasteiger partial charge on any atom is 0.332 e. The Balaban J connectivity index is 1.94. The van der Waals surface area contributed by atoms with Crippen LogP contribution in [0, 0.1) is 5.82 Å². The van der Waals surface area contributed by atoms with Gasteiger partial charge in [-0.05, 0) is 6.07 Å². The molecule has 0 saturated carbocycles. The van der Waals surface area contributed by atoms with E-state index in [2.05, 4.69) is 4.98 Å². The summed E-state index contributed by atoms with van der Waals surface area (Å²) in [5, 5.41) is 0. The minimum Gasteiger partial charge on any atom is -0.378 e. The first-order chi connectivity index (χ1) is 13.0. The first-order valence-corrected chi connectivity index (χ1v) is 8.71. The zero-order valence-corrected chi connectivity index (χ0v) is 15.2. The summed E-state index contributed by atoms with van der Waals surface area (Å²) < 4.78 is 23.6. The molecule has 2 aromatic heterocycles. The third-order valence-corrected chi connectivity index (χ3v) is 4.91. The van der Waals surface area contributed by atoms with Crippen LogP contribution >= 0.6 is 0 Å². The largest absolute Gasteiger partial charge is 0.378 e. The SMILES string of the molecule is Cn1c(=O)c2c(nc(N3CCOCC3)n2C)n(Cc2ccccc2F)c1=O. The Labute approximate surface area is 154 Å². The molecule has 0 unspecified atom stereocenters. The zero-order valence-electron chi connectivity index (χ0n) is 15.2. The third-order valence-electron chi connectivity index (χ3n) is 4.91. The number of hydrogen-bond acceptors (Lipinski definition) is 5. The summed E-state index contributed by atoms with van der Waals surface area (Å²) in [6.07, 6.45) is 0. The fourth-order valence-electron chi connectivity index (χ4n) is 3.40. The van der Waals surface area contributed by atoms with E-state index in [1.54, 1.807) is 29.8 Å². The highest BCUT2D eigenvalue weighted by atomic mass is 19.1. The van der Waals surface area contributed by atoms with Crippen molar-refractivity contribution in [2.45, 2.75) is 6.54 Å². The van der Waals surface area contributed by atoms with Crippen LogP contribution in [0.25, 0.3) is 11.2 Å². The van der Waals surface area contributed by atoms with Crippen LogP contribution in [-0.2, 0) is 25.4 Å². The van der Waals surface area contributed by atoms with Crippen molar-refractivity contribution >= 4 is 17.1 Å². The molecular formula is C18H20FN5O3. The highest BCUT2D eigenvalue weighted by Gasteiger charge is 2.23. The quantitative estimate of drug-likeness (QED) is 0.667. The van der Waals surface area contributed by atoms with E-state index in [9.17, 15) is 14.0 Å². The fourth-order valence-corrected chi connectivity index (χ4v) is 3.40. The average Bonchev–Trinajstić information content (AvgIpc) is 3.03. The number of anilines is 1. The molecule has 0 radical (unpaired) electrons. The molecule has 0 spiro atoms. The lowest BCUT2D eigenvalue weighted by atomic mass is 10.2. The number of nitrogens with zero attached hydrogens (tertiary/aromatic N) is 5. The Kier molecular flexibility index (Phi) is 4.31. The smallest absolute Gasteiger partial charge is 0.332 e. The van der Waals surface area contributed by atoms with Gasteiger partial charge < -0.3 is 14.2 Å². The molecule has 142 valence electrons. The minimum absolute atomic E-state index is 0.00427. The molecule has 0 aliphatic carbocycles. The van der Waals surface area contributed by atoms with E-state index in [1.807, 2.05) is 4.90 Å². The van der Waals surface area contributed by atoms with Crippen molar-refractivity contribution in [1.29, 1.82) is 0 Å². The molecule has 0 N–H and O–H groups in total. The third kappa shape index (κ3) is 2.84. The second-order valence-electron chi connectivity index (χ2n) is 6.57. The van der Waals surface area contributed by atoms with Gasteiger partial charge in [-0.2, -0.15) is 4.98 Å². The molecule has 27 heavy (non-hydrogen) atoms. The second kappa shape index (κ2) is 6.66. The Morgan fingerprint density at radius 1 is 1.11 bits per heavy atom. The van der Waals surface area contributed by atoms with Crippen molar-refractivity contribution in [3.05, 3.63) is 56.5 Å². The molecule has 0 atom stereocenters. The van der Waals surface area contributed by atoms with Crippen LogP contribution in [0.15, 0.2) is 33.9 Å². The second-order valence-corrected chi connectivity index (χ2v) is 6.57. The lowest BCUT2D eigenvalue weighted by molar-refractivity contribution is 0.122. The molecule has 3 aromatic rings. The van der Waals surface area contributed by atoms with Crippen molar-refractivity contribution in [1.82, 2.24) is 18.7 Å². The van der Waals surface area contributed by atoms with Gasteiger partial charge in [0.15, 0.2) is 11.2 Å². The van der Waals surface area contributed by atoms with Crippen LogP contribution in [0.4, 0.5) is 10.3 Å². The van der Waals surface area contributed by atoms with Crippen molar-refractivity contribution in [3.8, 4) is 0 Å². The maximum absolute atomic E-state index is 14.1. The van der Waals surface area contributed by atoms with E-state index in [1.165, 1.54) is 17.7 Å². The Bertz CT molecular complexity index is 1120. The molecule has 1 aromatic carbocycles. The Morgan fingerprint density at radius 3 is 2.52 bits per heavy atom. The number of aryl methyl sites for hydroxylation is 1. The van der Waals surface area contributed by atoms with E-state index >= 15 is 0 Å². The van der Waals surface area contributed by atoms with Crippen molar-refractivity contribution < 1.29 is 9.13 Å². The van der Waals surface area contributed by atoms with Crippen molar-refractivity contribution in [2.75, 3.05) is 31.2 Å². The first kappa shape index (κ1) is 17.5. The summed E-state index contributed by atoms with van der Waals surface area (Å²) in [6.45, 7) is 2.44. The lowest BCUT2D eigenvalue weighted by Crippen LogP contribution is -2.39. The fraction of sp³-hybridized carbons (Fsp3) is 0.389. The topological polar surface area (TPSA) is 74.3 Å². The molecule has 0 bridgehead atoms. The molecular weight excluding hydrogens is 353 g/mol. The van der Waals surface area contributed by atoms with Gasteiger partial charge in [-0.15, -0.1) is 0 Å². The lowest BCUT2D eigenvalue weighted by Gasteiger charge is -2.27. The number of halogens is 1. The number of morpholine rings is 1. The molecule has 1 aliphatic rings. The predicted octanol–water partition coefficient (Wildman–Crippen LogP) is 0.458. The van der Waals surface area contributed by atoms with E-state index in [0.717, 1.165) is 4.57 Å². The number of aromatic nitrogens is 4. The normalized spacial score (nSPS) is 14.9. The van der Waals surface area contributed by atoms with Gasteiger partial charge in [0.2, 0.25) is 5.95 Å². The van der Waals surface area contributed by atoms with E-state index in [4.69, 9.17) is 4.74 Å². The molecule has 1 fully saturated rings. The molecule has 8 nitrogen and oxygen atoms in total. The summed E-state index contributed by atoms with van der Waals surface area (Å²) in [5.74, 6) is 0.189. The Morgan fingerprint density at radius 2 is 1.81 bits per heavy atom. The minimum atomic E-state index is -0.526. The molecule has 9 heteroatoms. The molecule has 1 saturated heterocycles. The summed E-state index contributed by atoms with van der Waals surface area (Å²) in [7, 11) is 3.17. The maximum atomic E-state index is 14.1. The van der Waals surface area contributed by atoms with E-state index in [0.29, 0.717) is 43.3 Å². The summed E-state index contributed by atoms with van der Waals surface area (Å²) in [6, 6.07) is 6.26. The molecule has 1 aliphatic heterocycles. The van der Waals surface area contributed by atoms with Crippen LogP contribution in [0.1, 0.15) is 5.56 Å². The standard InChI is InChI=1S/C18H20FN5O3/c1-21-14-15(20-17(21)23-7-9-27-10-8-23)24(18(26)22(2)16(14)25)11-12-5-3-4-6-13(12)19/h3-6H,7-11H2,1-2H3. The number of ether oxygens (including phenoxy) is 1. The molecule has 3 heterocycles. The van der Waals surface area contributed by atoms with E-state index < -0.39 is 17.1 Å². The van der Waals surface area contributed by atoms with Crippen LogP contribution in [0.5, 0.6) is 0 Å². The van der Waals surface area contributed by atoms with Crippen molar-refractivity contribution in [3.63, 3.8) is 0 Å². The first-order valence-electron chi connectivity index (χ1n) is 8.71.